The Labute approximate surface area is 197 Å². The summed E-state index contributed by atoms with van der Waals surface area (Å²) in [5, 5.41) is 8.16. The molecule has 0 saturated heterocycles. The summed E-state index contributed by atoms with van der Waals surface area (Å²) in [6, 6.07) is 8.68. The monoisotopic (exact) mass is 467 g/mol. The predicted octanol–water partition coefficient (Wildman–Crippen LogP) is 4.59. The molecule has 0 radical (unpaired) electrons. The van der Waals surface area contributed by atoms with Crippen LogP contribution < -0.4 is 10.1 Å². The number of nitrogens with zero attached hydrogens (tertiary/aromatic N) is 4. The molecule has 8 nitrogen and oxygen atoms in total. The van der Waals surface area contributed by atoms with Crippen molar-refractivity contribution in [2.75, 3.05) is 5.32 Å². The van der Waals surface area contributed by atoms with E-state index in [0.717, 1.165) is 49.9 Å². The van der Waals surface area contributed by atoms with Gasteiger partial charge in [-0.05, 0) is 70.2 Å². The van der Waals surface area contributed by atoms with Crippen molar-refractivity contribution in [3.63, 3.8) is 0 Å². The molecule has 0 bridgehead atoms. The van der Waals surface area contributed by atoms with E-state index >= 15 is 0 Å². The van der Waals surface area contributed by atoms with Crippen LogP contribution in [0.2, 0.25) is 5.02 Å². The molecule has 1 aromatic heterocycles. The summed E-state index contributed by atoms with van der Waals surface area (Å²) in [4.78, 5) is 34.7. The van der Waals surface area contributed by atoms with E-state index in [4.69, 9.17) is 16.3 Å². The van der Waals surface area contributed by atoms with Crippen molar-refractivity contribution in [3.05, 3.63) is 41.0 Å². The van der Waals surface area contributed by atoms with Gasteiger partial charge in [-0.15, -0.1) is 0 Å². The van der Waals surface area contributed by atoms with Crippen molar-refractivity contribution in [1.29, 1.82) is 0 Å². The van der Waals surface area contributed by atoms with Gasteiger partial charge in [0.2, 0.25) is 0 Å². The van der Waals surface area contributed by atoms with E-state index in [1.807, 2.05) is 6.07 Å². The molecule has 2 aliphatic carbocycles. The Kier molecular flexibility index (Phi) is 5.56. The van der Waals surface area contributed by atoms with Gasteiger partial charge in [0.1, 0.15) is 11.6 Å². The van der Waals surface area contributed by atoms with E-state index in [2.05, 4.69) is 20.4 Å². The molecule has 2 amide bonds. The molecule has 1 unspecified atom stereocenters. The van der Waals surface area contributed by atoms with Crippen molar-refractivity contribution in [2.45, 2.75) is 63.9 Å². The van der Waals surface area contributed by atoms with Gasteiger partial charge in [-0.3, -0.25) is 9.59 Å². The number of nitrogens with one attached hydrogen (secondary N) is 1. The van der Waals surface area contributed by atoms with Crippen molar-refractivity contribution in [1.82, 2.24) is 9.78 Å². The molecule has 172 valence electrons. The standard InChI is InChI=1S/C24H26ClN5O3/c1-24(2,33-16-11-9-15(25)10-12-16)22(32)27-20-13-19(14-7-8-14)29-30(20)23-26-18-6-4-3-5-17(18)21(31)28-23/h9-14,17H,3-8H2,1-2H3,(H,27,32). The van der Waals surface area contributed by atoms with Crippen LogP contribution in [-0.2, 0) is 9.59 Å². The number of aromatic nitrogens is 2. The quantitative estimate of drug-likeness (QED) is 0.695. The second kappa shape index (κ2) is 8.41. The van der Waals surface area contributed by atoms with Gasteiger partial charge in [0.05, 0.1) is 11.6 Å². The minimum Gasteiger partial charge on any atom is -0.478 e. The maximum atomic E-state index is 13.2. The maximum absolute atomic E-state index is 13.2. The zero-order chi connectivity index (χ0) is 23.2. The third-order valence-corrected chi connectivity index (χ3v) is 6.47. The molecule has 2 saturated carbocycles. The molecular weight excluding hydrogens is 442 g/mol. The molecule has 9 heteroatoms. The summed E-state index contributed by atoms with van der Waals surface area (Å²) in [5.41, 5.74) is 0.555. The summed E-state index contributed by atoms with van der Waals surface area (Å²) in [6.45, 7) is 3.38. The predicted molar refractivity (Wildman–Crippen MR) is 126 cm³/mol. The zero-order valence-electron chi connectivity index (χ0n) is 18.7. The van der Waals surface area contributed by atoms with Gasteiger partial charge in [-0.1, -0.05) is 18.0 Å². The topological polar surface area (TPSA) is 97.9 Å². The number of hydrogen-bond acceptors (Lipinski definition) is 5. The molecule has 2 aromatic rings. The number of aliphatic imine (C=N–C) groups is 2. The summed E-state index contributed by atoms with van der Waals surface area (Å²) in [6.07, 6.45) is 5.71. The minimum absolute atomic E-state index is 0.179. The third kappa shape index (κ3) is 4.57. The average Bonchev–Trinajstić information content (AvgIpc) is 3.55. The molecule has 2 heterocycles. The fourth-order valence-corrected chi connectivity index (χ4v) is 4.28. The SMILES string of the molecule is CC(C)(Oc1ccc(Cl)cc1)C(=O)Nc1cc(C2CC2)nn1C1=NC(=O)C2CCCCC2=N1. The molecule has 1 aliphatic heterocycles. The first kappa shape index (κ1) is 21.8. The molecular formula is C24H26ClN5O3. The van der Waals surface area contributed by atoms with Crippen LogP contribution >= 0.6 is 11.6 Å². The van der Waals surface area contributed by atoms with E-state index in [1.54, 1.807) is 38.1 Å². The molecule has 5 rings (SSSR count). The van der Waals surface area contributed by atoms with Gasteiger partial charge in [0.15, 0.2) is 5.60 Å². The fourth-order valence-electron chi connectivity index (χ4n) is 4.15. The van der Waals surface area contributed by atoms with Crippen LogP contribution in [0.4, 0.5) is 5.82 Å². The number of ether oxygens (including phenoxy) is 1. The number of anilines is 1. The highest BCUT2D eigenvalue weighted by atomic mass is 35.5. The van der Waals surface area contributed by atoms with Crippen molar-refractivity contribution in [2.24, 2.45) is 15.9 Å². The number of fused-ring (bicyclic) bond motifs is 1. The second-order valence-electron chi connectivity index (χ2n) is 9.31. The number of benzene rings is 1. The van der Waals surface area contributed by atoms with Crippen LogP contribution in [0.25, 0.3) is 0 Å². The molecule has 1 N–H and O–H groups in total. The van der Waals surface area contributed by atoms with Gasteiger partial charge in [-0.2, -0.15) is 14.8 Å². The van der Waals surface area contributed by atoms with Crippen molar-refractivity contribution < 1.29 is 14.3 Å². The summed E-state index contributed by atoms with van der Waals surface area (Å²) in [7, 11) is 0. The van der Waals surface area contributed by atoms with Gasteiger partial charge < -0.3 is 10.1 Å². The van der Waals surface area contributed by atoms with E-state index in [9.17, 15) is 9.59 Å². The van der Waals surface area contributed by atoms with E-state index < -0.39 is 5.60 Å². The number of halogens is 1. The Balaban J connectivity index is 1.41. The Morgan fingerprint density at radius 3 is 2.64 bits per heavy atom. The maximum Gasteiger partial charge on any atom is 0.269 e. The zero-order valence-corrected chi connectivity index (χ0v) is 19.4. The largest absolute Gasteiger partial charge is 0.478 e. The van der Waals surface area contributed by atoms with Gasteiger partial charge in [0.25, 0.3) is 17.8 Å². The molecule has 0 spiro atoms. The van der Waals surface area contributed by atoms with Crippen LogP contribution in [-0.4, -0.2) is 38.9 Å². The van der Waals surface area contributed by atoms with E-state index in [0.29, 0.717) is 22.5 Å². The van der Waals surface area contributed by atoms with Crippen molar-refractivity contribution in [3.8, 4) is 5.75 Å². The van der Waals surface area contributed by atoms with E-state index in [-0.39, 0.29) is 23.7 Å². The Morgan fingerprint density at radius 1 is 1.15 bits per heavy atom. The van der Waals surface area contributed by atoms with Gasteiger partial charge in [-0.25, -0.2) is 4.99 Å². The van der Waals surface area contributed by atoms with Crippen LogP contribution in [0.1, 0.15) is 64.0 Å². The van der Waals surface area contributed by atoms with Gasteiger partial charge >= 0.3 is 0 Å². The molecule has 33 heavy (non-hydrogen) atoms. The first-order chi connectivity index (χ1) is 15.8. The average molecular weight is 468 g/mol. The lowest BCUT2D eigenvalue weighted by molar-refractivity contribution is -0.128. The summed E-state index contributed by atoms with van der Waals surface area (Å²) in [5.74, 6) is 0.782. The first-order valence-electron chi connectivity index (χ1n) is 11.4. The number of carbonyl (C=O) groups excluding carboxylic acids is 2. The Bertz CT molecular complexity index is 1160. The van der Waals surface area contributed by atoms with E-state index in [1.165, 1.54) is 4.68 Å². The number of hydrogen-bond donors (Lipinski definition) is 1. The summed E-state index contributed by atoms with van der Waals surface area (Å²) < 4.78 is 7.40. The van der Waals surface area contributed by atoms with Crippen LogP contribution in [0.15, 0.2) is 40.3 Å². The first-order valence-corrected chi connectivity index (χ1v) is 11.7. The number of amides is 2. The van der Waals surface area contributed by atoms with Crippen LogP contribution in [0.5, 0.6) is 5.75 Å². The highest BCUT2D eigenvalue weighted by Crippen LogP contribution is 2.40. The van der Waals surface area contributed by atoms with Gasteiger partial charge in [0, 0.05) is 22.7 Å². The molecule has 1 aromatic carbocycles. The lowest BCUT2D eigenvalue weighted by Gasteiger charge is -2.26. The number of carbonyl (C=O) groups is 2. The molecule has 1 atom stereocenters. The molecule has 2 fully saturated rings. The summed E-state index contributed by atoms with van der Waals surface area (Å²) >= 11 is 5.94. The Morgan fingerprint density at radius 2 is 1.91 bits per heavy atom. The van der Waals surface area contributed by atoms with Crippen LogP contribution in [0.3, 0.4) is 0 Å². The highest BCUT2D eigenvalue weighted by molar-refractivity contribution is 6.30. The second-order valence-corrected chi connectivity index (χ2v) is 9.75. The third-order valence-electron chi connectivity index (χ3n) is 6.22. The lowest BCUT2D eigenvalue weighted by Crippen LogP contribution is -2.43. The normalized spacial score (nSPS) is 20.6. The highest BCUT2D eigenvalue weighted by Gasteiger charge is 2.35. The fraction of sp³-hybridized carbons (Fsp3) is 0.458. The number of rotatable bonds is 5. The Hall–Kier alpha value is -3.00. The van der Waals surface area contributed by atoms with Crippen LogP contribution in [0, 0.1) is 5.92 Å². The molecule has 3 aliphatic rings. The minimum atomic E-state index is -1.17. The smallest absolute Gasteiger partial charge is 0.269 e. The van der Waals surface area contributed by atoms with Crippen molar-refractivity contribution >= 4 is 40.9 Å². The lowest BCUT2D eigenvalue weighted by atomic mass is 9.86.